The van der Waals surface area contributed by atoms with E-state index < -0.39 is 0 Å². The van der Waals surface area contributed by atoms with Gasteiger partial charge in [-0.05, 0) is 31.0 Å². The van der Waals surface area contributed by atoms with Crippen LogP contribution in [-0.4, -0.2) is 41.2 Å². The summed E-state index contributed by atoms with van der Waals surface area (Å²) in [4.78, 5) is 3.92. The Labute approximate surface area is 139 Å². The fraction of sp³-hybridized carbons (Fsp3) is 0.467. The molecule has 4 rings (SSSR count). The minimum Gasteiger partial charge on any atom is -0.353 e. The molecule has 2 fully saturated rings. The van der Waals surface area contributed by atoms with Gasteiger partial charge < -0.3 is 10.2 Å². The van der Waals surface area contributed by atoms with Crippen LogP contribution in [0.3, 0.4) is 0 Å². The predicted octanol–water partition coefficient (Wildman–Crippen LogP) is 2.76. The number of hydrogen-bond donors (Lipinski definition) is 1. The zero-order chi connectivity index (χ0) is 15.2. The average molecular weight is 338 g/mol. The van der Waals surface area contributed by atoms with Crippen LogP contribution in [0, 0.1) is 5.41 Å². The van der Waals surface area contributed by atoms with Gasteiger partial charge in [0.25, 0.3) is 0 Å². The van der Waals surface area contributed by atoms with Gasteiger partial charge >= 0.3 is 0 Å². The van der Waals surface area contributed by atoms with E-state index >= 15 is 0 Å². The Kier molecular flexibility index (Phi) is 3.51. The highest BCUT2D eigenvalue weighted by Crippen LogP contribution is 2.35. The van der Waals surface area contributed by atoms with Crippen molar-refractivity contribution in [1.29, 1.82) is 0 Å². The predicted molar refractivity (Wildman–Crippen MR) is 88.1 cm³/mol. The van der Waals surface area contributed by atoms with Crippen molar-refractivity contribution >= 4 is 29.0 Å². The lowest BCUT2D eigenvalue weighted by molar-refractivity contribution is 0.138. The van der Waals surface area contributed by atoms with Gasteiger partial charge in [-0.3, -0.25) is 0 Å². The molecule has 1 spiro atoms. The number of nitrogens with zero attached hydrogens (tertiary/aromatic N) is 4. The molecular weight excluding hydrogens is 321 g/mol. The minimum atomic E-state index is 0.432. The summed E-state index contributed by atoms with van der Waals surface area (Å²) in [6.07, 6.45) is 4.33. The Hall–Kier alpha value is -1.30. The Morgan fingerprint density at radius 1 is 1.14 bits per heavy atom. The third-order valence-corrected chi connectivity index (χ3v) is 4.98. The zero-order valence-corrected chi connectivity index (χ0v) is 13.6. The molecule has 7 heteroatoms. The zero-order valence-electron chi connectivity index (χ0n) is 12.1. The first-order valence-corrected chi connectivity index (χ1v) is 8.24. The molecule has 116 valence electrons. The van der Waals surface area contributed by atoms with E-state index in [1.165, 1.54) is 12.8 Å². The Bertz CT molecular complexity index is 675. The summed E-state index contributed by atoms with van der Waals surface area (Å²) >= 11 is 12.1. The van der Waals surface area contributed by atoms with Gasteiger partial charge in [-0.1, -0.05) is 23.2 Å². The van der Waals surface area contributed by atoms with Gasteiger partial charge in [0.1, 0.15) is 0 Å². The van der Waals surface area contributed by atoms with Crippen LogP contribution in [0.4, 0.5) is 5.82 Å². The molecule has 0 atom stereocenters. The summed E-state index contributed by atoms with van der Waals surface area (Å²) in [7, 11) is 0. The molecule has 0 saturated carbocycles. The van der Waals surface area contributed by atoms with E-state index in [1.807, 2.05) is 18.3 Å². The molecule has 2 aliphatic heterocycles. The number of halogens is 2. The highest BCUT2D eigenvalue weighted by atomic mass is 35.5. The van der Waals surface area contributed by atoms with Crippen LogP contribution in [0.5, 0.6) is 0 Å². The molecule has 0 aliphatic carbocycles. The maximum Gasteiger partial charge on any atom is 0.171 e. The molecule has 2 saturated heterocycles. The molecule has 2 aromatic rings. The molecule has 2 aliphatic rings. The van der Waals surface area contributed by atoms with E-state index in [4.69, 9.17) is 23.2 Å². The van der Waals surface area contributed by atoms with Gasteiger partial charge in [-0.25, -0.2) is 0 Å². The molecule has 3 heterocycles. The lowest BCUT2D eigenvalue weighted by atomic mass is 9.75. The summed E-state index contributed by atoms with van der Waals surface area (Å²) in [6.45, 7) is 4.31. The lowest BCUT2D eigenvalue weighted by Gasteiger charge is -2.49. The largest absolute Gasteiger partial charge is 0.353 e. The van der Waals surface area contributed by atoms with Crippen LogP contribution in [0.25, 0.3) is 5.69 Å². The Morgan fingerprint density at radius 3 is 2.59 bits per heavy atom. The van der Waals surface area contributed by atoms with E-state index in [9.17, 15) is 0 Å². The number of anilines is 1. The summed E-state index contributed by atoms with van der Waals surface area (Å²) in [6, 6.07) is 5.32. The summed E-state index contributed by atoms with van der Waals surface area (Å²) in [5.41, 5.74) is 1.21. The molecule has 0 amide bonds. The summed E-state index contributed by atoms with van der Waals surface area (Å²) in [5, 5.41) is 13.5. The van der Waals surface area contributed by atoms with Crippen molar-refractivity contribution in [1.82, 2.24) is 20.3 Å². The lowest BCUT2D eigenvalue weighted by Crippen LogP contribution is -2.61. The van der Waals surface area contributed by atoms with Gasteiger partial charge in [-0.2, -0.15) is 5.10 Å². The third-order valence-electron chi connectivity index (χ3n) is 4.54. The number of rotatable bonds is 2. The normalized spacial score (nSPS) is 20.2. The molecular formula is C15H17Cl2N5. The first kappa shape index (κ1) is 14.3. The Balaban J connectivity index is 1.58. The topological polar surface area (TPSA) is 46.0 Å². The molecule has 1 N–H and O–H groups in total. The fourth-order valence-corrected chi connectivity index (χ4v) is 3.86. The van der Waals surface area contributed by atoms with Crippen LogP contribution in [0.2, 0.25) is 10.0 Å². The van der Waals surface area contributed by atoms with Crippen molar-refractivity contribution < 1.29 is 0 Å². The van der Waals surface area contributed by atoms with Gasteiger partial charge in [0.15, 0.2) is 5.82 Å². The molecule has 0 bridgehead atoms. The first-order valence-electron chi connectivity index (χ1n) is 7.48. The van der Waals surface area contributed by atoms with Crippen LogP contribution in [0.15, 0.2) is 24.4 Å². The van der Waals surface area contributed by atoms with Crippen LogP contribution < -0.4 is 10.2 Å². The standard InChI is InChI=1S/C15H17Cl2N5/c16-11-4-12(17)6-13(5-11)22-19-7-14(20-22)21-3-1-2-15(10-21)8-18-9-15/h4-7,18H,1-3,8-10H2. The number of hydrogen-bond acceptors (Lipinski definition) is 4. The van der Waals surface area contributed by atoms with E-state index in [1.54, 1.807) is 10.9 Å². The number of piperidine rings is 1. The third kappa shape index (κ3) is 2.57. The van der Waals surface area contributed by atoms with Gasteiger partial charge in [0, 0.05) is 41.6 Å². The fourth-order valence-electron chi connectivity index (χ4n) is 3.35. The van der Waals surface area contributed by atoms with Crippen molar-refractivity contribution in [3.63, 3.8) is 0 Å². The number of nitrogens with one attached hydrogen (secondary N) is 1. The van der Waals surface area contributed by atoms with Crippen molar-refractivity contribution in [3.8, 4) is 5.69 Å². The Morgan fingerprint density at radius 2 is 1.91 bits per heavy atom. The van der Waals surface area contributed by atoms with Gasteiger partial charge in [0.2, 0.25) is 0 Å². The number of benzene rings is 1. The van der Waals surface area contributed by atoms with E-state index in [0.29, 0.717) is 15.5 Å². The molecule has 5 nitrogen and oxygen atoms in total. The summed E-state index contributed by atoms with van der Waals surface area (Å²) in [5.74, 6) is 0.919. The quantitative estimate of drug-likeness (QED) is 0.915. The summed E-state index contributed by atoms with van der Waals surface area (Å²) < 4.78 is 0. The molecule has 0 unspecified atom stereocenters. The van der Waals surface area contributed by atoms with E-state index in [2.05, 4.69) is 20.4 Å². The van der Waals surface area contributed by atoms with Crippen molar-refractivity contribution in [3.05, 3.63) is 34.4 Å². The molecule has 1 aromatic heterocycles. The van der Waals surface area contributed by atoms with Crippen LogP contribution in [0.1, 0.15) is 12.8 Å². The second kappa shape index (κ2) is 5.41. The van der Waals surface area contributed by atoms with Gasteiger partial charge in [-0.15, -0.1) is 9.90 Å². The van der Waals surface area contributed by atoms with Crippen molar-refractivity contribution in [2.24, 2.45) is 5.41 Å². The highest BCUT2D eigenvalue weighted by molar-refractivity contribution is 6.34. The van der Waals surface area contributed by atoms with Crippen molar-refractivity contribution in [2.45, 2.75) is 12.8 Å². The smallest absolute Gasteiger partial charge is 0.171 e. The first-order chi connectivity index (χ1) is 10.6. The van der Waals surface area contributed by atoms with Gasteiger partial charge in [0.05, 0.1) is 11.9 Å². The second-order valence-corrected chi connectivity index (χ2v) is 7.12. The second-order valence-electron chi connectivity index (χ2n) is 6.25. The minimum absolute atomic E-state index is 0.432. The van der Waals surface area contributed by atoms with E-state index in [-0.39, 0.29) is 0 Å². The highest BCUT2D eigenvalue weighted by Gasteiger charge is 2.41. The molecule has 22 heavy (non-hydrogen) atoms. The van der Waals surface area contributed by atoms with Crippen LogP contribution >= 0.6 is 23.2 Å². The SMILES string of the molecule is Clc1cc(Cl)cc(-n2ncc(N3CCCC4(CNC4)C3)n2)c1. The van der Waals surface area contributed by atoms with Crippen LogP contribution in [-0.2, 0) is 0 Å². The monoisotopic (exact) mass is 337 g/mol. The molecule has 0 radical (unpaired) electrons. The number of aromatic nitrogens is 3. The van der Waals surface area contributed by atoms with Crippen molar-refractivity contribution in [2.75, 3.05) is 31.1 Å². The maximum atomic E-state index is 6.05. The maximum absolute atomic E-state index is 6.05. The average Bonchev–Trinajstić information content (AvgIpc) is 2.94. The van der Waals surface area contributed by atoms with E-state index in [0.717, 1.165) is 37.7 Å². The molecule has 1 aromatic carbocycles.